The highest BCUT2D eigenvalue weighted by atomic mass is 28.4. The number of para-hydroxylation sites is 2. The third-order valence-electron chi connectivity index (χ3n) is 9.17. The van der Waals surface area contributed by atoms with E-state index in [9.17, 15) is 13.6 Å². The topological polar surface area (TPSA) is 91.2 Å². The van der Waals surface area contributed by atoms with Crippen LogP contribution in [0.5, 0.6) is 5.75 Å². The van der Waals surface area contributed by atoms with Crippen LogP contribution in [0.4, 0.5) is 13.2 Å². The van der Waals surface area contributed by atoms with Crippen LogP contribution >= 0.6 is 0 Å². The van der Waals surface area contributed by atoms with Crippen LogP contribution in [-0.2, 0) is 10.8 Å². The summed E-state index contributed by atoms with van der Waals surface area (Å²) in [6, 6.07) is 9.20. The van der Waals surface area contributed by atoms with E-state index >= 15 is 4.39 Å². The van der Waals surface area contributed by atoms with E-state index < -0.39 is 44.5 Å². The molecule has 44 heavy (non-hydrogen) atoms. The molecule has 3 atom stereocenters. The maximum absolute atomic E-state index is 16.6. The molecule has 2 aliphatic rings. The molecule has 1 N–H and O–H groups in total. The quantitative estimate of drug-likeness (QED) is 0.206. The first-order valence-corrected chi connectivity index (χ1v) is 17.8. The van der Waals surface area contributed by atoms with Gasteiger partial charge in [0.15, 0.2) is 19.9 Å². The average Bonchev–Trinajstić information content (AvgIpc) is 3.45. The predicted octanol–water partition coefficient (Wildman–Crippen LogP) is 7.35. The molecule has 0 saturated heterocycles. The number of hydrogen-bond acceptors (Lipinski definition) is 6. The van der Waals surface area contributed by atoms with Crippen molar-refractivity contribution in [2.24, 2.45) is 0 Å². The molecule has 0 fully saturated rings. The molecule has 4 heterocycles. The fourth-order valence-corrected chi connectivity index (χ4v) is 7.38. The van der Waals surface area contributed by atoms with E-state index in [2.05, 4.69) is 54.1 Å². The second-order valence-corrected chi connectivity index (χ2v) is 17.7. The highest BCUT2D eigenvalue weighted by Crippen LogP contribution is 2.48. The van der Waals surface area contributed by atoms with Crippen molar-refractivity contribution in [2.75, 3.05) is 0 Å². The summed E-state index contributed by atoms with van der Waals surface area (Å²) in [5.41, 5.74) is 1.63. The first-order valence-electron chi connectivity index (χ1n) is 14.9. The van der Waals surface area contributed by atoms with E-state index in [1.54, 1.807) is 0 Å². The number of ether oxygens (including phenoxy) is 1. The molecular formula is C32H36F3N5O3Si. The van der Waals surface area contributed by atoms with E-state index in [1.165, 1.54) is 18.3 Å². The van der Waals surface area contributed by atoms with Crippen molar-refractivity contribution < 1.29 is 27.1 Å². The second-order valence-electron chi connectivity index (χ2n) is 13.0. The number of hydrogen-bond donors (Lipinski definition) is 1. The molecule has 0 saturated carbocycles. The predicted molar refractivity (Wildman–Crippen MR) is 163 cm³/mol. The van der Waals surface area contributed by atoms with E-state index in [-0.39, 0.29) is 33.5 Å². The first kappa shape index (κ1) is 30.3. The lowest BCUT2D eigenvalue weighted by atomic mass is 9.94. The van der Waals surface area contributed by atoms with Crippen LogP contribution in [-0.4, -0.2) is 46.5 Å². The monoisotopic (exact) mass is 623 g/mol. The Morgan fingerprint density at radius 2 is 1.89 bits per heavy atom. The van der Waals surface area contributed by atoms with E-state index in [0.29, 0.717) is 30.0 Å². The van der Waals surface area contributed by atoms with E-state index in [4.69, 9.17) is 9.16 Å². The lowest BCUT2D eigenvalue weighted by Gasteiger charge is -2.39. The minimum absolute atomic E-state index is 0.00519. The zero-order valence-corrected chi connectivity index (χ0v) is 26.6. The van der Waals surface area contributed by atoms with Gasteiger partial charge in [-0.3, -0.25) is 4.79 Å². The lowest BCUT2D eigenvalue weighted by Crippen LogP contribution is -2.44. The maximum Gasteiger partial charge on any atom is 0.387 e. The molecule has 0 spiro atoms. The van der Waals surface area contributed by atoms with Gasteiger partial charge in [0.2, 0.25) is 0 Å². The number of rotatable bonds is 8. The molecule has 1 amide bonds. The summed E-state index contributed by atoms with van der Waals surface area (Å²) in [5, 5.41) is 2.97. The third-order valence-corrected chi connectivity index (χ3v) is 13.7. The molecule has 2 bridgehead atoms. The highest BCUT2D eigenvalue weighted by Gasteiger charge is 2.44. The number of amides is 1. The maximum atomic E-state index is 16.6. The molecule has 232 valence electrons. The van der Waals surface area contributed by atoms with Crippen LogP contribution in [0.1, 0.15) is 80.2 Å². The van der Waals surface area contributed by atoms with Gasteiger partial charge in [0.1, 0.15) is 11.6 Å². The number of carbonyl (C=O) groups is 1. The Bertz CT molecular complexity index is 1750. The zero-order chi connectivity index (χ0) is 31.6. The van der Waals surface area contributed by atoms with Crippen molar-refractivity contribution in [1.82, 2.24) is 24.8 Å². The number of carbonyl (C=O) groups excluding carboxylic acids is 1. The molecule has 8 nitrogen and oxygen atoms in total. The molecule has 4 aromatic rings. The Balaban J connectivity index is 1.44. The molecule has 12 heteroatoms. The zero-order valence-electron chi connectivity index (χ0n) is 25.6. The minimum atomic E-state index is -3.30. The van der Waals surface area contributed by atoms with Crippen molar-refractivity contribution in [3.05, 3.63) is 71.2 Å². The summed E-state index contributed by atoms with van der Waals surface area (Å²) in [6.45, 7) is 9.57. The number of fused-ring (bicyclic) bond motifs is 9. The number of nitrogens with zero attached hydrogens (tertiary/aromatic N) is 4. The van der Waals surface area contributed by atoms with Crippen molar-refractivity contribution in [3.8, 4) is 17.0 Å². The SMILES string of the molecule is CCC(Cc1nccc(-c2cc3c(c(F)c2OC(F)F)[C@H]2C[C@@H](NC3=O)c3nc4ccccc4n32)n1)O[Si](C)(C)C(C)(C)C. The molecule has 0 radical (unpaired) electrons. The number of aromatic nitrogens is 4. The number of alkyl halides is 2. The van der Waals surface area contributed by atoms with Gasteiger partial charge in [0, 0.05) is 29.3 Å². The number of benzene rings is 2. The van der Waals surface area contributed by atoms with Crippen LogP contribution in [0.15, 0.2) is 42.6 Å². The van der Waals surface area contributed by atoms with Crippen molar-refractivity contribution in [1.29, 1.82) is 0 Å². The van der Waals surface area contributed by atoms with Gasteiger partial charge in [-0.25, -0.2) is 19.3 Å². The van der Waals surface area contributed by atoms with Crippen LogP contribution in [0.3, 0.4) is 0 Å². The minimum Gasteiger partial charge on any atom is -0.431 e. The van der Waals surface area contributed by atoms with Gasteiger partial charge in [-0.05, 0) is 55.2 Å². The fraction of sp³-hybridized carbons (Fsp3) is 0.438. The van der Waals surface area contributed by atoms with E-state index in [1.807, 2.05) is 35.8 Å². The first-order chi connectivity index (χ1) is 20.8. The Hall–Kier alpha value is -3.77. The molecule has 2 aromatic heterocycles. The second kappa shape index (κ2) is 11.0. The summed E-state index contributed by atoms with van der Waals surface area (Å²) >= 11 is 0. The van der Waals surface area contributed by atoms with Gasteiger partial charge >= 0.3 is 6.61 Å². The van der Waals surface area contributed by atoms with Gasteiger partial charge in [0.05, 0.1) is 34.9 Å². The summed E-state index contributed by atoms with van der Waals surface area (Å²) in [6.07, 6.45) is 2.78. The van der Waals surface area contributed by atoms with Crippen molar-refractivity contribution >= 4 is 25.3 Å². The molecule has 2 aliphatic heterocycles. The van der Waals surface area contributed by atoms with Crippen LogP contribution in [0, 0.1) is 5.82 Å². The average molecular weight is 624 g/mol. The van der Waals surface area contributed by atoms with Crippen LogP contribution in [0.2, 0.25) is 18.1 Å². The van der Waals surface area contributed by atoms with Crippen molar-refractivity contribution in [2.45, 2.75) is 89.9 Å². The molecule has 1 unspecified atom stereocenters. The van der Waals surface area contributed by atoms with E-state index in [0.717, 1.165) is 11.9 Å². The molecule has 2 aromatic carbocycles. The fourth-order valence-electron chi connectivity index (χ4n) is 5.95. The number of halogens is 3. The summed E-state index contributed by atoms with van der Waals surface area (Å²) in [4.78, 5) is 27.2. The Labute approximate surface area is 255 Å². The Morgan fingerprint density at radius 3 is 2.59 bits per heavy atom. The standard InChI is InChI=1S/C32H36F3N5O3Si/c1-7-17(43-44(5,6)32(2,3)4)14-25-36-13-12-20(37-25)18-15-19-26(27(33)28(18)42-31(34)35)24-16-22(39-30(19)41)29-38-21-10-8-9-11-23(21)40(24)29/h8-13,15,17,22,24,31H,7,14,16H2,1-6H3,(H,39,41)/t17?,22-,24-/m1/s1. The molecular weight excluding hydrogens is 587 g/mol. The number of nitrogens with one attached hydrogen (secondary N) is 1. The molecule has 0 aliphatic carbocycles. The third kappa shape index (κ3) is 5.17. The smallest absolute Gasteiger partial charge is 0.387 e. The van der Waals surface area contributed by atoms with Gasteiger partial charge in [-0.2, -0.15) is 8.78 Å². The molecule has 6 rings (SSSR count). The van der Waals surface area contributed by atoms with Gasteiger partial charge < -0.3 is 19.0 Å². The van der Waals surface area contributed by atoms with Crippen LogP contribution < -0.4 is 10.1 Å². The van der Waals surface area contributed by atoms with Crippen LogP contribution in [0.25, 0.3) is 22.3 Å². The lowest BCUT2D eigenvalue weighted by molar-refractivity contribution is -0.0519. The van der Waals surface area contributed by atoms with Gasteiger partial charge in [0.25, 0.3) is 5.91 Å². The van der Waals surface area contributed by atoms with Gasteiger partial charge in [-0.1, -0.05) is 39.8 Å². The normalized spacial score (nSPS) is 18.6. The number of imidazole rings is 1. The summed E-state index contributed by atoms with van der Waals surface area (Å²) < 4.78 is 57.5. The van der Waals surface area contributed by atoms with Crippen molar-refractivity contribution in [3.63, 3.8) is 0 Å². The van der Waals surface area contributed by atoms with Gasteiger partial charge in [-0.15, -0.1) is 0 Å². The summed E-state index contributed by atoms with van der Waals surface area (Å²) in [5.74, 6) is -1.17. The Kier molecular flexibility index (Phi) is 7.56. The largest absolute Gasteiger partial charge is 0.431 e. The highest BCUT2D eigenvalue weighted by molar-refractivity contribution is 6.74. The summed E-state index contributed by atoms with van der Waals surface area (Å²) in [7, 11) is -2.09. The Morgan fingerprint density at radius 1 is 1.14 bits per heavy atom.